The highest BCUT2D eigenvalue weighted by Gasteiger charge is 2.47. The molecular formula is C24H25O15+. The van der Waals surface area contributed by atoms with Crippen molar-refractivity contribution in [3.05, 3.63) is 41.2 Å². The smallest absolute Gasteiger partial charge is 0.317 e. The van der Waals surface area contributed by atoms with E-state index in [2.05, 4.69) is 4.74 Å². The molecule has 1 unspecified atom stereocenters. The number of carbonyl (C=O) groups is 2. The van der Waals surface area contributed by atoms with Crippen LogP contribution in [0.3, 0.4) is 0 Å². The molecule has 0 aliphatic carbocycles. The molecule has 15 heteroatoms. The van der Waals surface area contributed by atoms with E-state index in [9.17, 15) is 50.4 Å². The van der Waals surface area contributed by atoms with Gasteiger partial charge in [-0.2, -0.15) is 0 Å². The van der Waals surface area contributed by atoms with Crippen LogP contribution in [0, 0.1) is 0 Å². The number of aromatic hydroxyl groups is 6. The Hall–Kier alpha value is -4.44. The van der Waals surface area contributed by atoms with Crippen LogP contribution in [-0.4, -0.2) is 99.9 Å². The van der Waals surface area contributed by atoms with Gasteiger partial charge in [0, 0.05) is 12.1 Å². The number of phenols is 5. The molecule has 2 aromatic carbocycles. The molecule has 0 bridgehead atoms. The van der Waals surface area contributed by atoms with Crippen LogP contribution in [0.15, 0.2) is 30.0 Å². The van der Waals surface area contributed by atoms with E-state index in [4.69, 9.17) is 19.3 Å². The maximum absolute atomic E-state index is 11.6. The van der Waals surface area contributed by atoms with Gasteiger partial charge in [0.25, 0.3) is 11.9 Å². The Morgan fingerprint density at radius 3 is 2.21 bits per heavy atom. The van der Waals surface area contributed by atoms with Gasteiger partial charge in [0.15, 0.2) is 23.0 Å². The van der Waals surface area contributed by atoms with Gasteiger partial charge < -0.3 is 64.9 Å². The summed E-state index contributed by atoms with van der Waals surface area (Å²) in [7, 11) is 0. The van der Waals surface area contributed by atoms with Crippen LogP contribution < -0.4 is 0 Å². The number of ether oxygens (including phenoxy) is 4. The molecule has 2 heterocycles. The molecule has 6 atom stereocenters. The van der Waals surface area contributed by atoms with Crippen molar-refractivity contribution in [2.75, 3.05) is 6.61 Å². The van der Waals surface area contributed by atoms with Crippen LogP contribution in [0.1, 0.15) is 23.7 Å². The Labute approximate surface area is 218 Å². The molecule has 0 amide bonds. The van der Waals surface area contributed by atoms with Crippen molar-refractivity contribution < 1.29 is 74.5 Å². The highest BCUT2D eigenvalue weighted by Crippen LogP contribution is 2.47. The van der Waals surface area contributed by atoms with E-state index < -0.39 is 84.8 Å². The Morgan fingerprint density at radius 1 is 0.897 bits per heavy atom. The number of aliphatic carboxylic acids is 1. The maximum atomic E-state index is 11.6. The SMILES string of the molecule is O=C(O)CC(=O)OC[C@H]1O[C@@H](OC2=Cc3c(O)cc(O)cc3[OH+]C2c2cc(O)c(O)c(O)c2)[C@H](O)[C@@H](O)[C@@H]1O. The zero-order chi connectivity index (χ0) is 28.6. The first-order valence-corrected chi connectivity index (χ1v) is 11.3. The summed E-state index contributed by atoms with van der Waals surface area (Å²) in [6, 6.07) is 4.34. The van der Waals surface area contributed by atoms with E-state index in [0.29, 0.717) is 0 Å². The largest absolute Gasteiger partial charge is 0.571 e. The predicted octanol–water partition coefficient (Wildman–Crippen LogP) is -0.606. The van der Waals surface area contributed by atoms with Gasteiger partial charge in [0.1, 0.15) is 54.5 Å². The lowest BCUT2D eigenvalue weighted by molar-refractivity contribution is -0.296. The van der Waals surface area contributed by atoms with Gasteiger partial charge in [-0.25, -0.2) is 0 Å². The number of hydrogen-bond donors (Lipinski definition) is 9. The van der Waals surface area contributed by atoms with Gasteiger partial charge >= 0.3 is 11.9 Å². The molecule has 1 fully saturated rings. The van der Waals surface area contributed by atoms with Crippen molar-refractivity contribution in [2.24, 2.45) is 0 Å². The summed E-state index contributed by atoms with van der Waals surface area (Å²) in [6.45, 7) is -0.702. The number of fused-ring (bicyclic) bond motifs is 1. The molecule has 15 nitrogen and oxygen atoms in total. The minimum Gasteiger partial charge on any atom is -0.571 e. The molecule has 0 radical (unpaired) electrons. The van der Waals surface area contributed by atoms with Crippen molar-refractivity contribution in [3.63, 3.8) is 0 Å². The summed E-state index contributed by atoms with van der Waals surface area (Å²) in [5, 5.41) is 89.8. The minimum atomic E-state index is -1.87. The molecule has 210 valence electrons. The number of rotatable bonds is 7. The Morgan fingerprint density at radius 2 is 1.56 bits per heavy atom. The lowest BCUT2D eigenvalue weighted by Gasteiger charge is -2.40. The van der Waals surface area contributed by atoms with Crippen LogP contribution >= 0.6 is 0 Å². The number of aliphatic hydroxyl groups excluding tert-OH is 3. The van der Waals surface area contributed by atoms with E-state index in [-0.39, 0.29) is 28.4 Å². The first kappa shape index (κ1) is 27.6. The molecule has 2 aromatic rings. The fourth-order valence-electron chi connectivity index (χ4n) is 4.04. The zero-order valence-corrected chi connectivity index (χ0v) is 19.8. The monoisotopic (exact) mass is 553 g/mol. The second-order valence-corrected chi connectivity index (χ2v) is 8.77. The molecule has 10 N–H and O–H groups in total. The molecule has 0 spiro atoms. The van der Waals surface area contributed by atoms with Gasteiger partial charge in [-0.15, -0.1) is 0 Å². The van der Waals surface area contributed by atoms with E-state index in [1.807, 2.05) is 0 Å². The molecule has 1 saturated heterocycles. The van der Waals surface area contributed by atoms with Crippen LogP contribution in [0.2, 0.25) is 0 Å². The fourth-order valence-corrected chi connectivity index (χ4v) is 4.04. The van der Waals surface area contributed by atoms with E-state index in [1.54, 1.807) is 0 Å². The third kappa shape index (κ3) is 5.70. The topological polar surface area (TPSA) is 257 Å². The lowest BCUT2D eigenvalue weighted by Crippen LogP contribution is -2.59. The Balaban J connectivity index is 1.66. The number of carboxylic acids is 1. The molecule has 0 aromatic heterocycles. The zero-order valence-electron chi connectivity index (χ0n) is 19.8. The van der Waals surface area contributed by atoms with Gasteiger partial charge in [-0.3, -0.25) is 9.59 Å². The lowest BCUT2D eigenvalue weighted by atomic mass is 9.98. The number of hydrogen-bond acceptors (Lipinski definition) is 13. The Kier molecular flexibility index (Phi) is 7.60. The van der Waals surface area contributed by atoms with Gasteiger partial charge in [0.2, 0.25) is 6.29 Å². The van der Waals surface area contributed by atoms with Crippen molar-refractivity contribution in [2.45, 2.75) is 43.2 Å². The average molecular weight is 553 g/mol. The second kappa shape index (κ2) is 10.7. The van der Waals surface area contributed by atoms with Crippen molar-refractivity contribution in [3.8, 4) is 34.5 Å². The third-order valence-electron chi connectivity index (χ3n) is 5.98. The van der Waals surface area contributed by atoms with Gasteiger partial charge in [0.05, 0.1) is 11.6 Å². The number of esters is 1. The standard InChI is InChI=1S/C24H24O15/c25-9-3-11(26)10-5-15(23(37-14(10)4-9)8-1-12(27)19(32)13(28)2-8)38-24-22(35)21(34)20(33)16(39-24)7-36-18(31)6-17(29)30/h1-5,16,20-28,32-35H,6-7H2,(H,29,30)/p+1/t16-,20-,21+,22-,23?,24-/m1/s1. The molecular weight excluding hydrogens is 528 g/mol. The van der Waals surface area contributed by atoms with Crippen molar-refractivity contribution in [1.82, 2.24) is 0 Å². The van der Waals surface area contributed by atoms with E-state index in [1.165, 1.54) is 12.1 Å². The number of aliphatic hydroxyl groups is 4. The number of carbonyl (C=O) groups excluding carboxylic acids is 1. The van der Waals surface area contributed by atoms with Crippen LogP contribution in [-0.2, 0) is 23.8 Å². The molecule has 4 rings (SSSR count). The van der Waals surface area contributed by atoms with Gasteiger partial charge in [-0.1, -0.05) is 0 Å². The Bertz CT molecular complexity index is 1280. The number of carboxylic acid groups (broad SMARTS) is 1. The number of benzene rings is 2. The molecule has 2 aliphatic heterocycles. The minimum absolute atomic E-state index is 0.0487. The molecule has 2 aliphatic rings. The predicted molar refractivity (Wildman–Crippen MR) is 125 cm³/mol. The molecule has 0 saturated carbocycles. The maximum Gasteiger partial charge on any atom is 0.317 e. The van der Waals surface area contributed by atoms with E-state index >= 15 is 0 Å². The highest BCUT2D eigenvalue weighted by atomic mass is 16.7. The second-order valence-electron chi connectivity index (χ2n) is 8.77. The van der Waals surface area contributed by atoms with Crippen LogP contribution in [0.5, 0.6) is 34.5 Å². The average Bonchev–Trinajstić information content (AvgIpc) is 2.86. The van der Waals surface area contributed by atoms with Crippen LogP contribution in [0.4, 0.5) is 0 Å². The fraction of sp³-hybridized carbons (Fsp3) is 0.333. The summed E-state index contributed by atoms with van der Waals surface area (Å²) < 4.78 is 20.4. The highest BCUT2D eigenvalue weighted by molar-refractivity contribution is 5.90. The third-order valence-corrected chi connectivity index (χ3v) is 5.98. The first-order chi connectivity index (χ1) is 18.3. The quantitative estimate of drug-likeness (QED) is 0.0897. The van der Waals surface area contributed by atoms with Crippen LogP contribution in [0.25, 0.3) is 6.08 Å². The summed E-state index contributed by atoms with van der Waals surface area (Å²) >= 11 is 0. The molecule has 39 heavy (non-hydrogen) atoms. The van der Waals surface area contributed by atoms with Crippen molar-refractivity contribution in [1.29, 1.82) is 0 Å². The summed E-state index contributed by atoms with van der Waals surface area (Å²) in [5.41, 5.74) is 0.115. The van der Waals surface area contributed by atoms with E-state index in [0.717, 1.165) is 18.2 Å². The van der Waals surface area contributed by atoms with Gasteiger partial charge in [-0.05, 0) is 12.1 Å². The summed E-state index contributed by atoms with van der Waals surface area (Å²) in [5.74, 6) is -5.67. The number of phenolic OH excluding ortho intramolecular Hbond substituents is 5. The summed E-state index contributed by atoms with van der Waals surface area (Å²) in [6.07, 6.45) is -9.66. The normalized spacial score (nSPS) is 26.1. The van der Waals surface area contributed by atoms with Crippen molar-refractivity contribution >= 4 is 18.0 Å². The first-order valence-electron chi connectivity index (χ1n) is 11.3. The summed E-state index contributed by atoms with van der Waals surface area (Å²) in [4.78, 5) is 22.3.